The van der Waals surface area contributed by atoms with Crippen LogP contribution in [-0.4, -0.2) is 16.1 Å². The fourth-order valence-electron chi connectivity index (χ4n) is 3.88. The van der Waals surface area contributed by atoms with E-state index >= 15 is 0 Å². The van der Waals surface area contributed by atoms with Gasteiger partial charge in [0.2, 0.25) is 0 Å². The molecule has 21 heavy (non-hydrogen) atoms. The molecule has 0 bridgehead atoms. The molecule has 0 spiro atoms. The molecule has 4 heteroatoms. The van der Waals surface area contributed by atoms with E-state index in [1.165, 1.54) is 36.3 Å². The predicted molar refractivity (Wildman–Crippen MR) is 90.7 cm³/mol. The second kappa shape index (κ2) is 7.68. The van der Waals surface area contributed by atoms with Crippen LogP contribution in [0, 0.1) is 17.8 Å². The minimum Gasteiger partial charge on any atom is -0.309 e. The molecule has 1 aromatic heterocycles. The summed E-state index contributed by atoms with van der Waals surface area (Å²) in [6.07, 6.45) is 5.23. The highest BCUT2D eigenvalue weighted by atomic mass is 32.1. The van der Waals surface area contributed by atoms with Crippen LogP contribution in [0.1, 0.15) is 82.8 Å². The molecule has 1 saturated carbocycles. The van der Waals surface area contributed by atoms with Crippen molar-refractivity contribution < 1.29 is 0 Å². The molecule has 0 amide bonds. The Morgan fingerprint density at radius 3 is 2.43 bits per heavy atom. The number of nitrogens with zero attached hydrogens (tertiary/aromatic N) is 2. The summed E-state index contributed by atoms with van der Waals surface area (Å²) < 4.78 is 4.26. The average Bonchev–Trinajstić information content (AvgIpc) is 2.87. The largest absolute Gasteiger partial charge is 0.309 e. The van der Waals surface area contributed by atoms with Crippen molar-refractivity contribution in [1.82, 2.24) is 14.9 Å². The van der Waals surface area contributed by atoms with Crippen molar-refractivity contribution in [3.05, 3.63) is 10.6 Å². The summed E-state index contributed by atoms with van der Waals surface area (Å²) in [5.74, 6) is 2.87. The van der Waals surface area contributed by atoms with Crippen LogP contribution in [0.15, 0.2) is 0 Å². The SMILES string of the molecule is CCCNC(c1snnc1C(C)C)C1CC(C)CC(C)C1. The molecule has 1 fully saturated rings. The topological polar surface area (TPSA) is 37.8 Å². The van der Waals surface area contributed by atoms with E-state index < -0.39 is 0 Å². The van der Waals surface area contributed by atoms with Gasteiger partial charge in [0.25, 0.3) is 0 Å². The maximum Gasteiger partial charge on any atom is 0.0829 e. The van der Waals surface area contributed by atoms with Gasteiger partial charge in [-0.05, 0) is 67.4 Å². The molecular formula is C17H31N3S. The first kappa shape index (κ1) is 16.9. The van der Waals surface area contributed by atoms with Gasteiger partial charge in [-0.3, -0.25) is 0 Å². The van der Waals surface area contributed by atoms with E-state index in [4.69, 9.17) is 0 Å². The fourth-order valence-corrected chi connectivity index (χ4v) is 4.85. The van der Waals surface area contributed by atoms with E-state index in [-0.39, 0.29) is 0 Å². The second-order valence-corrected chi connectivity index (χ2v) is 8.07. The van der Waals surface area contributed by atoms with Gasteiger partial charge >= 0.3 is 0 Å². The van der Waals surface area contributed by atoms with Gasteiger partial charge in [-0.2, -0.15) is 0 Å². The number of hydrogen-bond acceptors (Lipinski definition) is 4. The van der Waals surface area contributed by atoms with Crippen LogP contribution in [0.3, 0.4) is 0 Å². The molecule has 0 saturated heterocycles. The van der Waals surface area contributed by atoms with Gasteiger partial charge in [-0.15, -0.1) is 5.10 Å². The zero-order valence-corrected chi connectivity index (χ0v) is 15.0. The fraction of sp³-hybridized carbons (Fsp3) is 0.882. The van der Waals surface area contributed by atoms with Crippen molar-refractivity contribution in [3.63, 3.8) is 0 Å². The Morgan fingerprint density at radius 2 is 1.86 bits per heavy atom. The van der Waals surface area contributed by atoms with Crippen molar-refractivity contribution >= 4 is 11.5 Å². The molecule has 1 aliphatic rings. The third kappa shape index (κ3) is 4.26. The maximum atomic E-state index is 4.41. The van der Waals surface area contributed by atoms with E-state index in [1.54, 1.807) is 11.5 Å². The third-order valence-electron chi connectivity index (χ3n) is 4.67. The summed E-state index contributed by atoms with van der Waals surface area (Å²) in [4.78, 5) is 1.39. The highest BCUT2D eigenvalue weighted by Crippen LogP contribution is 2.42. The first-order valence-corrected chi connectivity index (χ1v) is 9.35. The number of nitrogens with one attached hydrogen (secondary N) is 1. The molecule has 0 aliphatic heterocycles. The van der Waals surface area contributed by atoms with Gasteiger partial charge in [0.05, 0.1) is 10.6 Å². The lowest BCUT2D eigenvalue weighted by Gasteiger charge is -2.37. The van der Waals surface area contributed by atoms with Crippen LogP contribution in [0.25, 0.3) is 0 Å². The maximum absolute atomic E-state index is 4.41. The number of aromatic nitrogens is 2. The average molecular weight is 310 g/mol. The van der Waals surface area contributed by atoms with Gasteiger partial charge in [0.15, 0.2) is 0 Å². The monoisotopic (exact) mass is 309 g/mol. The van der Waals surface area contributed by atoms with E-state index in [1.807, 2.05) is 0 Å². The van der Waals surface area contributed by atoms with Crippen LogP contribution in [0.4, 0.5) is 0 Å². The standard InChI is InChI=1S/C17H31N3S/c1-6-7-18-16(14-9-12(4)8-13(5)10-14)17-15(11(2)3)19-20-21-17/h11-14,16,18H,6-10H2,1-5H3. The number of hydrogen-bond donors (Lipinski definition) is 1. The lowest BCUT2D eigenvalue weighted by Crippen LogP contribution is -2.34. The lowest BCUT2D eigenvalue weighted by atomic mass is 9.73. The Kier molecular flexibility index (Phi) is 6.18. The first-order chi connectivity index (χ1) is 10.0. The normalized spacial score (nSPS) is 28.0. The third-order valence-corrected chi connectivity index (χ3v) is 5.49. The Morgan fingerprint density at radius 1 is 1.19 bits per heavy atom. The Hall–Kier alpha value is -0.480. The molecule has 0 radical (unpaired) electrons. The predicted octanol–water partition coefficient (Wildman–Crippen LogP) is 4.77. The van der Waals surface area contributed by atoms with Crippen molar-refractivity contribution in [2.45, 2.75) is 72.3 Å². The summed E-state index contributed by atoms with van der Waals surface area (Å²) in [5.41, 5.74) is 1.21. The Balaban J connectivity index is 2.22. The van der Waals surface area contributed by atoms with Crippen LogP contribution in [-0.2, 0) is 0 Å². The van der Waals surface area contributed by atoms with Crippen molar-refractivity contribution in [2.24, 2.45) is 17.8 Å². The van der Waals surface area contributed by atoms with Crippen LogP contribution >= 0.6 is 11.5 Å². The zero-order chi connectivity index (χ0) is 15.4. The highest BCUT2D eigenvalue weighted by molar-refractivity contribution is 7.05. The van der Waals surface area contributed by atoms with Crippen molar-refractivity contribution in [3.8, 4) is 0 Å². The first-order valence-electron chi connectivity index (χ1n) is 8.58. The quantitative estimate of drug-likeness (QED) is 0.822. The minimum absolute atomic E-state index is 0.451. The lowest BCUT2D eigenvalue weighted by molar-refractivity contribution is 0.177. The summed E-state index contributed by atoms with van der Waals surface area (Å²) in [5, 5.41) is 8.21. The minimum atomic E-state index is 0.451. The van der Waals surface area contributed by atoms with Gasteiger partial charge in [-0.25, -0.2) is 0 Å². The van der Waals surface area contributed by atoms with E-state index in [9.17, 15) is 0 Å². The van der Waals surface area contributed by atoms with E-state index in [2.05, 4.69) is 49.5 Å². The van der Waals surface area contributed by atoms with Crippen LogP contribution in [0.2, 0.25) is 0 Å². The summed E-state index contributed by atoms with van der Waals surface area (Å²) in [7, 11) is 0. The molecule has 1 heterocycles. The van der Waals surface area contributed by atoms with Crippen LogP contribution in [0.5, 0.6) is 0 Å². The molecule has 3 nitrogen and oxygen atoms in total. The molecule has 3 atom stereocenters. The van der Waals surface area contributed by atoms with E-state index in [0.29, 0.717) is 12.0 Å². The molecule has 2 rings (SSSR count). The van der Waals surface area contributed by atoms with E-state index in [0.717, 1.165) is 24.3 Å². The number of rotatable bonds is 6. The summed E-state index contributed by atoms with van der Waals surface area (Å²) in [6, 6.07) is 0.451. The van der Waals surface area contributed by atoms with Gasteiger partial charge in [0.1, 0.15) is 0 Å². The Bertz CT molecular complexity index is 419. The molecule has 1 aromatic rings. The van der Waals surface area contributed by atoms with Crippen LogP contribution < -0.4 is 5.32 Å². The van der Waals surface area contributed by atoms with Gasteiger partial charge in [-0.1, -0.05) is 39.1 Å². The zero-order valence-electron chi connectivity index (χ0n) is 14.2. The molecule has 1 N–H and O–H groups in total. The highest BCUT2D eigenvalue weighted by Gasteiger charge is 2.33. The molecule has 120 valence electrons. The smallest absolute Gasteiger partial charge is 0.0829 e. The molecule has 3 unspecified atom stereocenters. The summed E-state index contributed by atoms with van der Waals surface area (Å²) >= 11 is 1.61. The van der Waals surface area contributed by atoms with Crippen molar-refractivity contribution in [1.29, 1.82) is 0 Å². The molecular weight excluding hydrogens is 278 g/mol. The Labute approximate surface area is 134 Å². The van der Waals surface area contributed by atoms with Gasteiger partial charge < -0.3 is 5.32 Å². The summed E-state index contributed by atoms with van der Waals surface area (Å²) in [6.45, 7) is 12.6. The molecule has 1 aliphatic carbocycles. The van der Waals surface area contributed by atoms with Gasteiger partial charge in [0, 0.05) is 6.04 Å². The molecule has 0 aromatic carbocycles. The second-order valence-electron chi connectivity index (χ2n) is 7.29. The van der Waals surface area contributed by atoms with Crippen molar-refractivity contribution in [2.75, 3.05) is 6.54 Å².